The number of hydrogen-bond acceptors (Lipinski definition) is 6. The number of anilines is 1. The Morgan fingerprint density at radius 2 is 1.58 bits per heavy atom. The van der Waals surface area contributed by atoms with Gasteiger partial charge >= 0.3 is 0 Å². The van der Waals surface area contributed by atoms with Crippen molar-refractivity contribution in [1.82, 2.24) is 24.9 Å². The largest absolute Gasteiger partial charge is 0.496 e. The van der Waals surface area contributed by atoms with Gasteiger partial charge in [-0.25, -0.2) is 4.68 Å². The van der Waals surface area contributed by atoms with Gasteiger partial charge in [-0.1, -0.05) is 80.3 Å². The van der Waals surface area contributed by atoms with Crippen LogP contribution in [0.1, 0.15) is 33.2 Å². The average Bonchev–Trinajstić information content (AvgIpc) is 3.67. The third kappa shape index (κ3) is 8.47. The number of aryl methyl sites for hydroxylation is 2. The maximum Gasteiger partial charge on any atom is 0.270 e. The molecule has 0 unspecified atom stereocenters. The highest BCUT2D eigenvalue weighted by Gasteiger charge is 2.33. The molecule has 0 spiro atoms. The third-order valence-corrected chi connectivity index (χ3v) is 9.90. The summed E-state index contributed by atoms with van der Waals surface area (Å²) in [5.41, 5.74) is 5.24. The fourth-order valence-electron chi connectivity index (χ4n) is 5.61. The van der Waals surface area contributed by atoms with Crippen molar-refractivity contribution < 1.29 is 19.1 Å². The highest BCUT2D eigenvalue weighted by Crippen LogP contribution is 2.35. The van der Waals surface area contributed by atoms with Gasteiger partial charge < -0.3 is 20.1 Å². The van der Waals surface area contributed by atoms with Gasteiger partial charge in [-0.15, -0.1) is 0 Å². The lowest BCUT2D eigenvalue weighted by Crippen LogP contribution is -2.48. The van der Waals surface area contributed by atoms with Gasteiger partial charge in [0.1, 0.15) is 24.2 Å². The van der Waals surface area contributed by atoms with Gasteiger partial charge in [-0.3, -0.25) is 14.3 Å². The van der Waals surface area contributed by atoms with E-state index >= 15 is 0 Å². The molecule has 2 amide bonds. The zero-order valence-corrected chi connectivity index (χ0v) is 29.4. The first-order valence-electron chi connectivity index (χ1n) is 16.0. The van der Waals surface area contributed by atoms with Gasteiger partial charge in [-0.2, -0.15) is 10.2 Å². The number of ether oxygens (including phenoxy) is 2. The molecule has 2 N–H and O–H groups in total. The molecule has 0 fully saturated rings. The van der Waals surface area contributed by atoms with Gasteiger partial charge in [0.25, 0.3) is 5.91 Å². The summed E-state index contributed by atoms with van der Waals surface area (Å²) in [6.07, 6.45) is 3.50. The van der Waals surface area contributed by atoms with Crippen LogP contribution in [-0.2, 0) is 23.3 Å². The van der Waals surface area contributed by atoms with Crippen LogP contribution < -0.4 is 15.4 Å². The van der Waals surface area contributed by atoms with Crippen LogP contribution in [0, 0.1) is 6.92 Å². The number of amides is 2. The number of carbonyl (C=O) groups excluding carboxylic acids is 2. The molecule has 48 heavy (non-hydrogen) atoms. The number of nitrogens with one attached hydrogen (secondary N) is 2. The summed E-state index contributed by atoms with van der Waals surface area (Å²) in [7, 11) is 2.11. The van der Waals surface area contributed by atoms with E-state index in [0.29, 0.717) is 30.5 Å². The zero-order chi connectivity index (χ0) is 34.3. The molecular formula is C37H44N6O4Si. The second kappa shape index (κ2) is 15.3. The molecule has 5 aromatic rings. The van der Waals surface area contributed by atoms with E-state index in [1.54, 1.807) is 37.2 Å². The van der Waals surface area contributed by atoms with E-state index in [1.165, 1.54) is 4.68 Å². The molecule has 5 rings (SSSR count). The Labute approximate surface area is 283 Å². The second-order valence-electron chi connectivity index (χ2n) is 13.0. The Bertz CT molecular complexity index is 1790. The van der Waals surface area contributed by atoms with Crippen molar-refractivity contribution in [3.05, 3.63) is 120 Å². The third-order valence-electron chi connectivity index (χ3n) is 8.20. The number of aromatic nitrogens is 4. The summed E-state index contributed by atoms with van der Waals surface area (Å²) in [4.78, 5) is 27.8. The summed E-state index contributed by atoms with van der Waals surface area (Å²) in [6, 6.07) is 26.7. The van der Waals surface area contributed by atoms with Gasteiger partial charge in [0.2, 0.25) is 5.91 Å². The van der Waals surface area contributed by atoms with Gasteiger partial charge in [0.05, 0.1) is 12.8 Å². The minimum Gasteiger partial charge on any atom is -0.496 e. The second-order valence-corrected chi connectivity index (χ2v) is 18.6. The van der Waals surface area contributed by atoms with Crippen LogP contribution in [0.4, 0.5) is 5.69 Å². The molecule has 2 aromatic heterocycles. The molecule has 0 saturated carbocycles. The first-order chi connectivity index (χ1) is 23.0. The van der Waals surface area contributed by atoms with E-state index in [-0.39, 0.29) is 5.91 Å². The van der Waals surface area contributed by atoms with Gasteiger partial charge in [-0.05, 0) is 42.3 Å². The lowest BCUT2D eigenvalue weighted by molar-refractivity contribution is -0.118. The maximum absolute atomic E-state index is 14.3. The SMILES string of the molecule is COc1cc(NC(=O)[C@@H](NC(=O)c2ccnn2C)C(c2ccccc2)c2ccccc2)ccc1-c1cn(COCC[Si](C)(C)C)nc1C. The van der Waals surface area contributed by atoms with Crippen LogP contribution in [0.5, 0.6) is 5.75 Å². The average molecular weight is 665 g/mol. The van der Waals surface area contributed by atoms with Crippen molar-refractivity contribution in [2.45, 2.75) is 51.3 Å². The van der Waals surface area contributed by atoms with Gasteiger partial charge in [0.15, 0.2) is 0 Å². The summed E-state index contributed by atoms with van der Waals surface area (Å²) in [6.45, 7) is 10.0. The fourth-order valence-corrected chi connectivity index (χ4v) is 6.36. The number of methoxy groups -OCH3 is 1. The first kappa shape index (κ1) is 34.3. The highest BCUT2D eigenvalue weighted by molar-refractivity contribution is 6.76. The van der Waals surface area contributed by atoms with Crippen LogP contribution in [0.2, 0.25) is 25.7 Å². The Hall–Kier alpha value is -5.00. The molecule has 250 valence electrons. The Kier molecular flexibility index (Phi) is 10.9. The normalized spacial score (nSPS) is 12.1. The van der Waals surface area contributed by atoms with Crippen molar-refractivity contribution in [3.8, 4) is 16.9 Å². The van der Waals surface area contributed by atoms with E-state index in [2.05, 4.69) is 40.5 Å². The molecule has 0 aliphatic heterocycles. The number of hydrogen-bond donors (Lipinski definition) is 2. The van der Waals surface area contributed by atoms with Crippen molar-refractivity contribution in [3.63, 3.8) is 0 Å². The Morgan fingerprint density at radius 1 is 0.917 bits per heavy atom. The van der Waals surface area contributed by atoms with Crippen molar-refractivity contribution in [2.24, 2.45) is 7.05 Å². The van der Waals surface area contributed by atoms with Crippen LogP contribution in [-0.4, -0.2) is 59.2 Å². The molecule has 1 atom stereocenters. The number of rotatable bonds is 14. The lowest BCUT2D eigenvalue weighted by atomic mass is 9.84. The van der Waals surface area contributed by atoms with Crippen LogP contribution >= 0.6 is 0 Å². The molecular weight excluding hydrogens is 621 g/mol. The highest BCUT2D eigenvalue weighted by atomic mass is 28.3. The van der Waals surface area contributed by atoms with Crippen LogP contribution in [0.15, 0.2) is 97.3 Å². The number of nitrogens with zero attached hydrogens (tertiary/aromatic N) is 4. The van der Waals surface area contributed by atoms with E-state index < -0.39 is 25.9 Å². The molecule has 0 aliphatic carbocycles. The minimum atomic E-state index is -1.18. The molecule has 0 bridgehead atoms. The molecule has 0 radical (unpaired) electrons. The summed E-state index contributed by atoms with van der Waals surface area (Å²) in [5, 5.41) is 14.9. The quantitative estimate of drug-likeness (QED) is 0.104. The van der Waals surface area contributed by atoms with Gasteiger partial charge in [0, 0.05) is 62.9 Å². The molecule has 0 aliphatic rings. The first-order valence-corrected chi connectivity index (χ1v) is 19.7. The van der Waals surface area contributed by atoms with E-state index in [1.807, 2.05) is 85.9 Å². The standard InChI is InChI=1S/C37H44N6O4Si/c1-26-31(24-43(41-26)25-47-21-22-48(4,5)6)30-18-17-29(23-33(30)46-3)39-37(45)35(40-36(44)32-19-20-38-42(32)2)34(27-13-9-7-10-14-27)28-15-11-8-12-16-28/h7-20,23-24,34-35H,21-22,25H2,1-6H3,(H,39,45)(H,40,44)/t35-/m0/s1. The van der Waals surface area contributed by atoms with E-state index in [9.17, 15) is 9.59 Å². The summed E-state index contributed by atoms with van der Waals surface area (Å²) >= 11 is 0. The Balaban J connectivity index is 1.42. The van der Waals surface area contributed by atoms with Crippen molar-refractivity contribution in [2.75, 3.05) is 19.0 Å². The fraction of sp³-hybridized carbons (Fsp3) is 0.297. The molecule has 0 saturated heterocycles. The minimum absolute atomic E-state index is 0.344. The predicted molar refractivity (Wildman–Crippen MR) is 191 cm³/mol. The Morgan fingerprint density at radius 3 is 2.17 bits per heavy atom. The predicted octanol–water partition coefficient (Wildman–Crippen LogP) is 6.48. The van der Waals surface area contributed by atoms with Crippen LogP contribution in [0.25, 0.3) is 11.1 Å². The maximum atomic E-state index is 14.3. The van der Waals surface area contributed by atoms with Crippen molar-refractivity contribution >= 4 is 25.6 Å². The molecule has 3 aromatic carbocycles. The number of benzene rings is 3. The lowest BCUT2D eigenvalue weighted by Gasteiger charge is -2.28. The monoisotopic (exact) mass is 664 g/mol. The van der Waals surface area contributed by atoms with Crippen molar-refractivity contribution in [1.29, 1.82) is 0 Å². The summed E-state index contributed by atoms with van der Waals surface area (Å²) < 4.78 is 15.0. The molecule has 11 heteroatoms. The van der Waals surface area contributed by atoms with Crippen LogP contribution in [0.3, 0.4) is 0 Å². The zero-order valence-electron chi connectivity index (χ0n) is 28.4. The molecule has 2 heterocycles. The summed E-state index contributed by atoms with van der Waals surface area (Å²) in [5.74, 6) is -0.685. The van der Waals surface area contributed by atoms with E-state index in [4.69, 9.17) is 9.47 Å². The topological polar surface area (TPSA) is 112 Å². The molecule has 10 nitrogen and oxygen atoms in total. The smallest absolute Gasteiger partial charge is 0.270 e. The van der Waals surface area contributed by atoms with E-state index in [0.717, 1.165) is 34.0 Å². The number of carbonyl (C=O) groups is 2.